The molecule has 0 aliphatic rings. The van der Waals surface area contributed by atoms with Crippen molar-refractivity contribution in [2.75, 3.05) is 5.32 Å². The fourth-order valence-electron chi connectivity index (χ4n) is 2.89. The summed E-state index contributed by atoms with van der Waals surface area (Å²) in [4.78, 5) is 35.2. The van der Waals surface area contributed by atoms with Crippen LogP contribution in [0.1, 0.15) is 21.5 Å². The molecule has 2 N–H and O–H groups in total. The van der Waals surface area contributed by atoms with E-state index in [1.54, 1.807) is 6.07 Å². The SMILES string of the molecule is Cc1ccc(-c2cc(C(=O)Nc3ccc(=O)n(CC(=O)O)c3)ccc2C)cc1. The standard InChI is InChI=1S/C22H20N2O4/c1-14-3-6-16(7-4-14)19-11-17(8-5-15(19)2)22(28)23-18-9-10-20(25)24(12-18)13-21(26)27/h3-12H,13H2,1-2H3,(H,23,28)(H,26,27). The van der Waals surface area contributed by atoms with Crippen LogP contribution < -0.4 is 10.9 Å². The van der Waals surface area contributed by atoms with Gasteiger partial charge in [0, 0.05) is 17.8 Å². The van der Waals surface area contributed by atoms with Crippen LogP contribution in [0.2, 0.25) is 0 Å². The van der Waals surface area contributed by atoms with Crippen LogP contribution >= 0.6 is 0 Å². The number of aryl methyl sites for hydroxylation is 2. The number of benzene rings is 2. The highest BCUT2D eigenvalue weighted by molar-refractivity contribution is 6.05. The Hall–Kier alpha value is -3.67. The van der Waals surface area contributed by atoms with Gasteiger partial charge in [-0.2, -0.15) is 0 Å². The predicted molar refractivity (Wildman–Crippen MR) is 108 cm³/mol. The summed E-state index contributed by atoms with van der Waals surface area (Å²) in [7, 11) is 0. The number of rotatable bonds is 5. The van der Waals surface area contributed by atoms with Gasteiger partial charge in [0.2, 0.25) is 0 Å². The first-order chi connectivity index (χ1) is 13.3. The van der Waals surface area contributed by atoms with E-state index in [0.717, 1.165) is 26.8 Å². The summed E-state index contributed by atoms with van der Waals surface area (Å²) in [6, 6.07) is 16.2. The third-order valence-corrected chi connectivity index (χ3v) is 4.41. The maximum Gasteiger partial charge on any atom is 0.323 e. The molecule has 1 aromatic heterocycles. The second-order valence-electron chi connectivity index (χ2n) is 6.63. The maximum absolute atomic E-state index is 12.7. The van der Waals surface area contributed by atoms with Gasteiger partial charge in [-0.15, -0.1) is 0 Å². The molecule has 3 aromatic rings. The molecular weight excluding hydrogens is 356 g/mol. The molecule has 0 aliphatic carbocycles. The highest BCUT2D eigenvalue weighted by atomic mass is 16.4. The average molecular weight is 376 g/mol. The van der Waals surface area contributed by atoms with Gasteiger partial charge in [0.05, 0.1) is 5.69 Å². The molecule has 0 unspecified atom stereocenters. The molecular formula is C22H20N2O4. The number of nitrogens with zero attached hydrogens (tertiary/aromatic N) is 1. The molecule has 0 radical (unpaired) electrons. The molecule has 0 saturated heterocycles. The molecule has 0 saturated carbocycles. The number of carboxylic acids is 1. The number of carbonyl (C=O) groups is 2. The molecule has 0 bridgehead atoms. The quantitative estimate of drug-likeness (QED) is 0.714. The number of nitrogens with one attached hydrogen (secondary N) is 1. The molecule has 2 aromatic carbocycles. The third-order valence-electron chi connectivity index (χ3n) is 4.41. The van der Waals surface area contributed by atoms with Crippen LogP contribution in [0.4, 0.5) is 5.69 Å². The van der Waals surface area contributed by atoms with Crippen molar-refractivity contribution in [1.82, 2.24) is 4.57 Å². The van der Waals surface area contributed by atoms with Gasteiger partial charge in [-0.05, 0) is 48.7 Å². The predicted octanol–water partition coefficient (Wildman–Crippen LogP) is 3.47. The van der Waals surface area contributed by atoms with E-state index in [9.17, 15) is 14.4 Å². The summed E-state index contributed by atoms with van der Waals surface area (Å²) in [6.07, 6.45) is 1.32. The Labute approximate surface area is 162 Å². The Morgan fingerprint density at radius 3 is 2.39 bits per heavy atom. The lowest BCUT2D eigenvalue weighted by Crippen LogP contribution is -2.24. The van der Waals surface area contributed by atoms with Gasteiger partial charge >= 0.3 is 5.97 Å². The van der Waals surface area contributed by atoms with E-state index in [0.29, 0.717) is 11.3 Å². The Morgan fingerprint density at radius 2 is 1.71 bits per heavy atom. The highest BCUT2D eigenvalue weighted by Gasteiger charge is 2.11. The van der Waals surface area contributed by atoms with Gasteiger partial charge in [-0.25, -0.2) is 0 Å². The van der Waals surface area contributed by atoms with Gasteiger partial charge in [0.1, 0.15) is 6.54 Å². The molecule has 1 amide bonds. The van der Waals surface area contributed by atoms with E-state index in [4.69, 9.17) is 5.11 Å². The first-order valence-corrected chi connectivity index (χ1v) is 8.75. The molecule has 0 spiro atoms. The Bertz CT molecular complexity index is 1100. The van der Waals surface area contributed by atoms with E-state index in [-0.39, 0.29) is 5.91 Å². The Morgan fingerprint density at radius 1 is 1.00 bits per heavy atom. The molecule has 1 heterocycles. The number of carboxylic acid groups (broad SMARTS) is 1. The number of amides is 1. The fourth-order valence-corrected chi connectivity index (χ4v) is 2.89. The summed E-state index contributed by atoms with van der Waals surface area (Å²) in [5.74, 6) is -1.47. The van der Waals surface area contributed by atoms with Crippen molar-refractivity contribution in [3.8, 4) is 11.1 Å². The fraction of sp³-hybridized carbons (Fsp3) is 0.136. The van der Waals surface area contributed by atoms with Crippen LogP contribution in [-0.4, -0.2) is 21.6 Å². The monoisotopic (exact) mass is 376 g/mol. The molecule has 0 atom stereocenters. The van der Waals surface area contributed by atoms with Crippen LogP contribution in [0, 0.1) is 13.8 Å². The second kappa shape index (κ2) is 7.92. The van der Waals surface area contributed by atoms with Gasteiger partial charge in [0.15, 0.2) is 0 Å². The van der Waals surface area contributed by atoms with Gasteiger partial charge in [-0.3, -0.25) is 14.4 Å². The van der Waals surface area contributed by atoms with Crippen molar-refractivity contribution in [3.05, 3.63) is 87.8 Å². The van der Waals surface area contributed by atoms with Crippen molar-refractivity contribution < 1.29 is 14.7 Å². The normalized spacial score (nSPS) is 10.5. The van der Waals surface area contributed by atoms with E-state index in [1.807, 2.05) is 50.2 Å². The zero-order valence-electron chi connectivity index (χ0n) is 15.6. The Balaban J connectivity index is 1.87. The Kier molecular flexibility index (Phi) is 5.40. The number of hydrogen-bond acceptors (Lipinski definition) is 3. The summed E-state index contributed by atoms with van der Waals surface area (Å²) in [5, 5.41) is 11.6. The number of pyridine rings is 1. The molecule has 0 aliphatic heterocycles. The van der Waals surface area contributed by atoms with Crippen molar-refractivity contribution in [1.29, 1.82) is 0 Å². The lowest BCUT2D eigenvalue weighted by atomic mass is 9.97. The van der Waals surface area contributed by atoms with Crippen molar-refractivity contribution >= 4 is 17.6 Å². The number of aromatic nitrogens is 1. The lowest BCUT2D eigenvalue weighted by Gasteiger charge is -2.11. The minimum atomic E-state index is -1.13. The van der Waals surface area contributed by atoms with Gasteiger partial charge in [-0.1, -0.05) is 35.9 Å². The van der Waals surface area contributed by atoms with Crippen LogP contribution in [0.15, 0.2) is 65.6 Å². The zero-order chi connectivity index (χ0) is 20.3. The van der Waals surface area contributed by atoms with E-state index >= 15 is 0 Å². The smallest absolute Gasteiger partial charge is 0.323 e. The molecule has 0 fully saturated rings. The number of aliphatic carboxylic acids is 1. The average Bonchev–Trinajstić information content (AvgIpc) is 2.65. The highest BCUT2D eigenvalue weighted by Crippen LogP contribution is 2.25. The van der Waals surface area contributed by atoms with E-state index in [1.165, 1.54) is 18.3 Å². The summed E-state index contributed by atoms with van der Waals surface area (Å²) >= 11 is 0. The summed E-state index contributed by atoms with van der Waals surface area (Å²) < 4.78 is 1.03. The van der Waals surface area contributed by atoms with Crippen molar-refractivity contribution in [3.63, 3.8) is 0 Å². The molecule has 6 nitrogen and oxygen atoms in total. The lowest BCUT2D eigenvalue weighted by molar-refractivity contribution is -0.137. The van der Waals surface area contributed by atoms with Crippen LogP contribution in [0.25, 0.3) is 11.1 Å². The molecule has 3 rings (SSSR count). The van der Waals surface area contributed by atoms with Gasteiger partial charge in [0.25, 0.3) is 11.5 Å². The van der Waals surface area contributed by atoms with Crippen molar-refractivity contribution in [2.24, 2.45) is 0 Å². The maximum atomic E-state index is 12.7. The number of anilines is 1. The van der Waals surface area contributed by atoms with Crippen LogP contribution in [-0.2, 0) is 11.3 Å². The molecule has 6 heteroatoms. The third kappa shape index (κ3) is 4.35. The number of hydrogen-bond donors (Lipinski definition) is 2. The summed E-state index contributed by atoms with van der Waals surface area (Å²) in [6.45, 7) is 3.54. The van der Waals surface area contributed by atoms with Gasteiger partial charge < -0.3 is 15.0 Å². The molecule has 142 valence electrons. The first-order valence-electron chi connectivity index (χ1n) is 8.75. The van der Waals surface area contributed by atoms with Crippen molar-refractivity contribution in [2.45, 2.75) is 20.4 Å². The zero-order valence-corrected chi connectivity index (χ0v) is 15.6. The second-order valence-corrected chi connectivity index (χ2v) is 6.63. The minimum absolute atomic E-state index is 0.339. The largest absolute Gasteiger partial charge is 0.480 e. The minimum Gasteiger partial charge on any atom is -0.480 e. The topological polar surface area (TPSA) is 88.4 Å². The van der Waals surface area contributed by atoms with E-state index in [2.05, 4.69) is 5.32 Å². The number of carbonyl (C=O) groups excluding carboxylic acids is 1. The van der Waals surface area contributed by atoms with Crippen LogP contribution in [0.3, 0.4) is 0 Å². The summed E-state index contributed by atoms with van der Waals surface area (Å²) in [5.41, 5.74) is 4.57. The molecule has 28 heavy (non-hydrogen) atoms. The van der Waals surface area contributed by atoms with Crippen LogP contribution in [0.5, 0.6) is 0 Å². The van der Waals surface area contributed by atoms with E-state index < -0.39 is 18.1 Å². The first kappa shape index (κ1) is 19.1.